The Morgan fingerprint density at radius 1 is 0.750 bits per heavy atom. The average molecular weight is 464 g/mol. The van der Waals surface area contributed by atoms with Crippen LogP contribution in [-0.2, 0) is 0 Å². The molecule has 0 spiro atoms. The first kappa shape index (κ1) is 17.0. The minimum absolute atomic E-state index is 0. The molecule has 0 aliphatic rings. The number of hydrogen-bond acceptors (Lipinski definition) is 0. The molecule has 0 saturated heterocycles. The van der Waals surface area contributed by atoms with Crippen LogP contribution in [0.25, 0.3) is 10.6 Å². The zero-order chi connectivity index (χ0) is 13.5. The Labute approximate surface area is 145 Å². The van der Waals surface area contributed by atoms with Crippen molar-refractivity contribution in [3.8, 4) is 0 Å². The third-order valence-corrected chi connectivity index (χ3v) is 2.93. The van der Waals surface area contributed by atoms with Crippen molar-refractivity contribution in [1.82, 2.24) is 0 Å². The quantitative estimate of drug-likeness (QED) is 0.494. The van der Waals surface area contributed by atoms with Gasteiger partial charge < -0.3 is 10.6 Å². The van der Waals surface area contributed by atoms with Crippen LogP contribution in [0.3, 0.4) is 0 Å². The van der Waals surface area contributed by atoms with Crippen LogP contribution in [0.2, 0.25) is 0 Å². The van der Waals surface area contributed by atoms with Crippen molar-refractivity contribution in [3.05, 3.63) is 71.3 Å². The molecule has 2 unspecified atom stereocenters. The van der Waals surface area contributed by atoms with E-state index in [9.17, 15) is 0 Å². The molecule has 2 rings (SSSR count). The number of para-hydroxylation sites is 2. The van der Waals surface area contributed by atoms with Crippen molar-refractivity contribution < 1.29 is 2.85 Å². The number of rotatable bonds is 6. The Morgan fingerprint density at radius 3 is 1.45 bits per heavy atom. The Hall–Kier alpha value is -1.04. The van der Waals surface area contributed by atoms with Gasteiger partial charge in [-0.1, -0.05) is 80.9 Å². The second-order valence-electron chi connectivity index (χ2n) is 4.86. The number of benzene rings is 2. The standard InChI is InChI=1S/C17H20N2.Pb.2H2/c1-14(18-16-9-5-3-6-10-16)13-15(2)19-17-11-7-4-8-12-17;;;/h3-12,14-15H,13H2,1-2H3;;2*1H/q-2;+2;;. The molecule has 0 bridgehead atoms. The second-order valence-corrected chi connectivity index (χ2v) is 4.86. The van der Waals surface area contributed by atoms with Crippen molar-refractivity contribution in [2.24, 2.45) is 0 Å². The van der Waals surface area contributed by atoms with Crippen molar-refractivity contribution in [2.75, 3.05) is 0 Å². The maximum atomic E-state index is 4.68. The van der Waals surface area contributed by atoms with Gasteiger partial charge in [-0.3, -0.25) is 0 Å². The van der Waals surface area contributed by atoms with Gasteiger partial charge in [0.15, 0.2) is 0 Å². The summed E-state index contributed by atoms with van der Waals surface area (Å²) in [6.45, 7) is 4.29. The third kappa shape index (κ3) is 5.94. The van der Waals surface area contributed by atoms with Crippen molar-refractivity contribution >= 4 is 38.7 Å². The zero-order valence-corrected chi connectivity index (χ0v) is 15.9. The Morgan fingerprint density at radius 2 is 1.10 bits per heavy atom. The predicted octanol–water partition coefficient (Wildman–Crippen LogP) is 5.68. The van der Waals surface area contributed by atoms with Gasteiger partial charge in [0, 0.05) is 2.85 Å². The minimum Gasteiger partial charge on any atom is -0.682 e. The van der Waals surface area contributed by atoms with E-state index < -0.39 is 0 Å². The van der Waals surface area contributed by atoms with E-state index >= 15 is 0 Å². The molecular weight excluding hydrogens is 439 g/mol. The van der Waals surface area contributed by atoms with Gasteiger partial charge in [-0.2, -0.15) is 0 Å². The molecule has 0 fully saturated rings. The molecule has 0 amide bonds. The Bertz CT molecular complexity index is 437. The van der Waals surface area contributed by atoms with Gasteiger partial charge in [0.2, 0.25) is 0 Å². The van der Waals surface area contributed by atoms with Crippen molar-refractivity contribution in [3.63, 3.8) is 0 Å². The van der Waals surface area contributed by atoms with E-state index in [0.717, 1.165) is 17.8 Å². The normalized spacial score (nSPS) is 12.9. The molecule has 106 valence electrons. The molecular formula is C17H24N2Pb. The molecule has 0 N–H and O–H groups in total. The number of hydrogen-bond donors (Lipinski definition) is 0. The largest absolute Gasteiger partial charge is 2.00 e. The fraction of sp³-hybridized carbons (Fsp3) is 0.294. The second kappa shape index (κ2) is 9.00. The van der Waals surface area contributed by atoms with Crippen LogP contribution in [-0.4, -0.2) is 39.4 Å². The summed E-state index contributed by atoms with van der Waals surface area (Å²) in [5, 5.41) is 9.36. The van der Waals surface area contributed by atoms with Gasteiger partial charge in [0.25, 0.3) is 0 Å². The molecule has 0 aliphatic heterocycles. The van der Waals surface area contributed by atoms with Crippen molar-refractivity contribution in [2.45, 2.75) is 32.4 Å². The van der Waals surface area contributed by atoms with Gasteiger partial charge in [0.05, 0.1) is 0 Å². The van der Waals surface area contributed by atoms with Gasteiger partial charge in [-0.05, 0) is 0 Å². The summed E-state index contributed by atoms with van der Waals surface area (Å²) < 4.78 is 0. The average Bonchev–Trinajstić information content (AvgIpc) is 2.40. The summed E-state index contributed by atoms with van der Waals surface area (Å²) in [4.78, 5) is 0. The van der Waals surface area contributed by atoms with Crippen LogP contribution >= 0.6 is 0 Å². The Kier molecular flexibility index (Phi) is 7.66. The smallest absolute Gasteiger partial charge is 0.682 e. The molecule has 0 aliphatic carbocycles. The minimum atomic E-state index is 0. The summed E-state index contributed by atoms with van der Waals surface area (Å²) in [5.41, 5.74) is 2.09. The van der Waals surface area contributed by atoms with Gasteiger partial charge in [-0.15, -0.1) is 23.5 Å². The summed E-state index contributed by atoms with van der Waals surface area (Å²) in [5.74, 6) is 0. The monoisotopic (exact) mass is 464 g/mol. The summed E-state index contributed by atoms with van der Waals surface area (Å²) >= 11 is 0. The SMILES string of the molecule is CC(CC(C)[N-]c1ccccc1)[N-]c1ccccc1.[HH].[HH].[Pb+2]. The van der Waals surface area contributed by atoms with Crippen LogP contribution in [0.1, 0.15) is 23.1 Å². The van der Waals surface area contributed by atoms with Crippen LogP contribution in [0.15, 0.2) is 60.7 Å². The molecule has 0 heterocycles. The molecule has 2 radical (unpaired) electrons. The summed E-state index contributed by atoms with van der Waals surface area (Å²) in [7, 11) is 0. The molecule has 2 nitrogen and oxygen atoms in total. The first-order chi connectivity index (χ1) is 9.24. The van der Waals surface area contributed by atoms with Crippen LogP contribution in [0.5, 0.6) is 0 Å². The summed E-state index contributed by atoms with van der Waals surface area (Å²) in [6, 6.07) is 20.8. The summed E-state index contributed by atoms with van der Waals surface area (Å²) in [6.07, 6.45) is 0.962. The van der Waals surface area contributed by atoms with E-state index in [-0.39, 0.29) is 42.2 Å². The van der Waals surface area contributed by atoms with E-state index in [1.165, 1.54) is 0 Å². The molecule has 0 aromatic heterocycles. The molecule has 20 heavy (non-hydrogen) atoms. The molecule has 2 aromatic carbocycles. The topological polar surface area (TPSA) is 28.2 Å². The van der Waals surface area contributed by atoms with E-state index in [0.29, 0.717) is 0 Å². The van der Waals surface area contributed by atoms with Crippen LogP contribution in [0, 0.1) is 0 Å². The molecule has 0 saturated carbocycles. The van der Waals surface area contributed by atoms with E-state index in [1.807, 2.05) is 60.7 Å². The van der Waals surface area contributed by atoms with Crippen LogP contribution < -0.4 is 0 Å². The number of nitrogens with zero attached hydrogens (tertiary/aromatic N) is 2. The van der Waals surface area contributed by atoms with E-state index in [2.05, 4.69) is 24.5 Å². The molecule has 3 heteroatoms. The molecule has 2 aromatic rings. The van der Waals surface area contributed by atoms with Crippen molar-refractivity contribution in [1.29, 1.82) is 0 Å². The maximum Gasteiger partial charge on any atom is 2.00 e. The third-order valence-electron chi connectivity index (χ3n) is 2.93. The van der Waals surface area contributed by atoms with Crippen LogP contribution in [0.4, 0.5) is 11.4 Å². The first-order valence-corrected chi connectivity index (χ1v) is 6.76. The van der Waals surface area contributed by atoms with Gasteiger partial charge in [0.1, 0.15) is 0 Å². The molecule has 2 atom stereocenters. The fourth-order valence-electron chi connectivity index (χ4n) is 2.14. The maximum absolute atomic E-state index is 4.68. The van der Waals surface area contributed by atoms with Gasteiger partial charge >= 0.3 is 27.3 Å². The fourth-order valence-corrected chi connectivity index (χ4v) is 2.14. The Balaban J connectivity index is 0. The van der Waals surface area contributed by atoms with E-state index in [4.69, 9.17) is 0 Å². The van der Waals surface area contributed by atoms with E-state index in [1.54, 1.807) is 0 Å². The predicted molar refractivity (Wildman–Crippen MR) is 92.4 cm³/mol. The zero-order valence-electron chi connectivity index (χ0n) is 12.0. The van der Waals surface area contributed by atoms with Gasteiger partial charge in [-0.25, -0.2) is 0 Å². The first-order valence-electron chi connectivity index (χ1n) is 6.76.